The van der Waals surface area contributed by atoms with Crippen molar-refractivity contribution in [2.24, 2.45) is 0 Å². The molecule has 0 spiro atoms. The van der Waals surface area contributed by atoms with E-state index in [4.69, 9.17) is 9.47 Å². The van der Waals surface area contributed by atoms with E-state index < -0.39 is 76.7 Å². The molecule has 0 radical (unpaired) electrons. The van der Waals surface area contributed by atoms with Crippen molar-refractivity contribution >= 4 is 99.2 Å². The summed E-state index contributed by atoms with van der Waals surface area (Å²) < 4.78 is 149. The fourth-order valence-corrected chi connectivity index (χ4v) is 15.4. The average molecular weight is 1400 g/mol. The van der Waals surface area contributed by atoms with Gasteiger partial charge in [-0.15, -0.1) is 0 Å². The predicted molar refractivity (Wildman–Crippen MR) is 348 cm³/mol. The fourth-order valence-electron chi connectivity index (χ4n) is 10.9. The molecule has 3 atom stereocenters. The largest absolute Gasteiger partial charge is 1.00 e. The topological polar surface area (TPSA) is 319 Å². The van der Waals surface area contributed by atoms with Crippen molar-refractivity contribution in [3.8, 4) is 0 Å². The van der Waals surface area contributed by atoms with Gasteiger partial charge in [0.2, 0.25) is 11.6 Å². The van der Waals surface area contributed by atoms with Crippen molar-refractivity contribution in [2.45, 2.75) is 85.8 Å². The van der Waals surface area contributed by atoms with Crippen LogP contribution in [-0.2, 0) is 65.6 Å². The first kappa shape index (κ1) is 83.4. The molecular weight excluding hydrogens is 1320 g/mol. The Morgan fingerprint density at radius 1 is 0.667 bits per heavy atom. The van der Waals surface area contributed by atoms with Gasteiger partial charge in [-0.05, 0) is 113 Å². The van der Waals surface area contributed by atoms with Gasteiger partial charge in [-0.1, -0.05) is 110 Å². The van der Waals surface area contributed by atoms with Gasteiger partial charge in [-0.3, -0.25) is 27.8 Å². The van der Waals surface area contributed by atoms with E-state index in [0.717, 1.165) is 15.5 Å². The summed E-state index contributed by atoms with van der Waals surface area (Å²) in [6, 6.07) is 32.8. The molecule has 29 heteroatoms. The molecule has 484 valence electrons. The Kier molecular flexibility index (Phi) is 34.3. The van der Waals surface area contributed by atoms with E-state index in [1.807, 2.05) is 79.2 Å². The van der Waals surface area contributed by atoms with Crippen LogP contribution in [-0.4, -0.2) is 146 Å². The Balaban J connectivity index is 0.00000752. The Morgan fingerprint density at radius 2 is 1.24 bits per heavy atom. The van der Waals surface area contributed by atoms with Crippen LogP contribution in [0.1, 0.15) is 97.1 Å². The van der Waals surface area contributed by atoms with E-state index in [1.54, 1.807) is 85.9 Å². The van der Waals surface area contributed by atoms with Crippen molar-refractivity contribution in [3.63, 3.8) is 0 Å². The minimum absolute atomic E-state index is 0. The van der Waals surface area contributed by atoms with Crippen LogP contribution in [0.5, 0.6) is 0 Å². The van der Waals surface area contributed by atoms with Crippen LogP contribution in [0.4, 0.5) is 11.4 Å². The number of amides is 2. The smallest absolute Gasteiger partial charge is 0.465 e. The number of hydrogen-bond donors (Lipinski definition) is 7. The number of ether oxygens (including phenoxy) is 2. The maximum atomic E-state index is 13.5. The van der Waals surface area contributed by atoms with Gasteiger partial charge in [0.1, 0.15) is 12.3 Å². The summed E-state index contributed by atoms with van der Waals surface area (Å²) in [6.45, 7) is 5.03. The molecule has 21 nitrogen and oxygen atoms in total. The number of esters is 1. The summed E-state index contributed by atoms with van der Waals surface area (Å²) in [5, 5.41) is 8.34. The van der Waals surface area contributed by atoms with Crippen molar-refractivity contribution < 1.29 is 174 Å². The normalized spacial score (nSPS) is 15.4. The van der Waals surface area contributed by atoms with E-state index in [0.29, 0.717) is 77.0 Å². The predicted octanol–water partition coefficient (Wildman–Crippen LogP) is -2.49. The number of rotatable bonds is 34. The van der Waals surface area contributed by atoms with E-state index in [-0.39, 0.29) is 162 Å². The molecule has 1 heterocycles. The van der Waals surface area contributed by atoms with E-state index in [9.17, 15) is 66.3 Å². The fraction of sp³-hybridized carbons (Fsp3) is 0.344. The van der Waals surface area contributed by atoms with Crippen molar-refractivity contribution in [2.75, 3.05) is 65.6 Å². The van der Waals surface area contributed by atoms with Crippen LogP contribution in [0.25, 0.3) is 0 Å². The molecule has 6 rings (SSSR count). The van der Waals surface area contributed by atoms with Gasteiger partial charge in [0.05, 0.1) is 53.0 Å². The van der Waals surface area contributed by atoms with E-state index >= 15 is 0 Å². The van der Waals surface area contributed by atoms with Gasteiger partial charge in [0.15, 0.2) is 12.3 Å². The molecule has 0 aliphatic carbocycles. The minimum atomic E-state index is -4.70. The number of allylic oxidation sites excluding steroid dienone is 8. The van der Waals surface area contributed by atoms with Gasteiger partial charge >= 0.3 is 94.6 Å². The first-order valence-corrected chi connectivity index (χ1v) is 36.4. The number of methoxy groups -OCH3 is 2. The molecule has 2 amide bonds. The molecule has 1 aliphatic heterocycles. The maximum absolute atomic E-state index is 13.5. The van der Waals surface area contributed by atoms with Crippen molar-refractivity contribution in [3.05, 3.63) is 186 Å². The van der Waals surface area contributed by atoms with E-state index in [2.05, 4.69) is 10.6 Å². The van der Waals surface area contributed by atoms with Gasteiger partial charge in [0, 0.05) is 72.2 Å². The van der Waals surface area contributed by atoms with Crippen LogP contribution in [0.3, 0.4) is 0 Å². The van der Waals surface area contributed by atoms with Gasteiger partial charge in [0.25, 0.3) is 46.4 Å². The Morgan fingerprint density at radius 3 is 1.83 bits per heavy atom. The number of nitrogens with zero attached hydrogens (tertiary/aromatic N) is 1. The molecule has 93 heavy (non-hydrogen) atoms. The third-order valence-electron chi connectivity index (χ3n) is 15.5. The maximum Gasteiger partial charge on any atom is 1.00 e. The Labute approximate surface area is 614 Å². The SMILES string of the molecule is COCC[N+]1=C(/C=C/C=C/C=C/C=C\C(C)(CCCS(=O)(=O)O)c2cc(S(=O)(=O)O)ccc2[NH+](C)CCCCCC(=O)NCCNC(=O)c2ccc(C(=O)OC)c(P(c3ccccc3)c3ccccc3)c2)C(C)(CCCS(=O)(=O)O)c2cc(S(=O)(=O)O)ccc21.[Na+].[Na+].[Na+]. The van der Waals surface area contributed by atoms with Gasteiger partial charge < -0.3 is 25.0 Å². The number of unbranched alkanes of at least 4 members (excludes halogenated alkanes) is 2. The third-order valence-corrected chi connectivity index (χ3v) is 21.3. The monoisotopic (exact) mass is 1400 g/mol. The number of nitrogens with one attached hydrogen (secondary N) is 3. The molecule has 7 N–H and O–H groups in total. The Bertz CT molecular complexity index is 3970. The number of carbonyl (C=O) groups is 3. The summed E-state index contributed by atoms with van der Waals surface area (Å²) in [5.74, 6) is -2.23. The van der Waals surface area contributed by atoms with Crippen molar-refractivity contribution in [1.82, 2.24) is 10.6 Å². The average Bonchev–Trinajstić information content (AvgIpc) is 1.62. The molecule has 0 aromatic heterocycles. The zero-order valence-electron chi connectivity index (χ0n) is 53.8. The third kappa shape index (κ3) is 24.9. The van der Waals surface area contributed by atoms with Crippen LogP contribution in [0.15, 0.2) is 174 Å². The quantitative estimate of drug-likeness (QED) is 0.00426. The van der Waals surface area contributed by atoms with Crippen LogP contribution in [0.2, 0.25) is 0 Å². The zero-order chi connectivity index (χ0) is 65.9. The number of fused-ring (bicyclic) bond motifs is 1. The molecular formula is C64H79N4Na3O17PS4+5. The molecule has 0 saturated carbocycles. The molecule has 0 fully saturated rings. The number of hydrogen-bond acceptors (Lipinski definition) is 13. The first-order valence-electron chi connectivity index (χ1n) is 29.0. The van der Waals surface area contributed by atoms with Gasteiger partial charge in [-0.2, -0.15) is 38.2 Å². The van der Waals surface area contributed by atoms with Crippen molar-refractivity contribution in [1.29, 1.82) is 0 Å². The summed E-state index contributed by atoms with van der Waals surface area (Å²) in [4.78, 5) is 39.7. The zero-order valence-corrected chi connectivity index (χ0v) is 64.0. The second-order valence-corrected chi connectivity index (χ2v) is 30.2. The molecule has 0 bridgehead atoms. The molecule has 1 aliphatic rings. The second kappa shape index (κ2) is 38.3. The number of carbonyl (C=O) groups excluding carboxylic acids is 3. The summed E-state index contributed by atoms with van der Waals surface area (Å²) >= 11 is 0. The van der Waals surface area contributed by atoms with Gasteiger partial charge in [-0.25, -0.2) is 4.79 Å². The van der Waals surface area contributed by atoms with Crippen LogP contribution >= 0.6 is 7.92 Å². The molecule has 0 saturated heterocycles. The van der Waals surface area contributed by atoms with E-state index in [1.165, 1.54) is 38.5 Å². The molecule has 3 unspecified atom stereocenters. The number of quaternary nitrogens is 1. The molecule has 5 aromatic rings. The second-order valence-electron chi connectivity index (χ2n) is 22.1. The summed E-state index contributed by atoms with van der Waals surface area (Å²) in [5.41, 5.74) is 1.56. The van der Waals surface area contributed by atoms with Crippen LogP contribution in [0, 0.1) is 0 Å². The Hall–Kier alpha value is -3.87. The minimum Gasteiger partial charge on any atom is -0.465 e. The summed E-state index contributed by atoms with van der Waals surface area (Å²) in [6.07, 6.45) is 16.1. The first-order chi connectivity index (χ1) is 42.5. The van der Waals surface area contributed by atoms with Crippen LogP contribution < -0.4 is 120 Å². The standard InChI is InChI=1S/C64H77N4O17PS4.3Na/c1-63(36-21-43-87(72,73)74,35-19-9-7-6-8-17-27-59-64(2,37-22-44-88(75,76)77)55-47-52(90(81,82)83)31-34-57(55)68(59)41-42-84-4)54-46-51(89(78,79)80)30-33-56(54)67(3)40-20-12-18-28-60(69)65-38-39-66-61(70)48-29-32-53(62(71)85-5)58(45-48)86(49-23-13-10-14-24-49)50-25-15-11-16-26-50;;;/h6-11,13-17,19,23-27,29-35,45-47H,12,18,20-22,28,36-44H2,1-5H3,(H5-,65,66,69,70,72,73,74,75,76,77,78,79,80,81,82,83);;;/q;3*+1/p+2/b8-6+,9-7+,27-17+,35-19-;;;. The molecule has 5 aromatic carbocycles. The number of benzene rings is 5. The summed E-state index contributed by atoms with van der Waals surface area (Å²) in [7, 11) is -14.5.